The number of ketones is 2. The van der Waals surface area contributed by atoms with Gasteiger partial charge in [0.05, 0.1) is 0 Å². The van der Waals surface area contributed by atoms with Gasteiger partial charge in [0, 0.05) is 17.9 Å². The maximum absolute atomic E-state index is 12.3. The molecule has 3 rings (SSSR count). The third-order valence-corrected chi connectivity index (χ3v) is 4.81. The molecule has 0 saturated heterocycles. The van der Waals surface area contributed by atoms with E-state index in [1.54, 1.807) is 6.08 Å². The van der Waals surface area contributed by atoms with Crippen LogP contribution in [-0.4, -0.2) is 11.6 Å². The fourth-order valence-electron chi connectivity index (χ4n) is 3.22. The molecule has 1 atom stereocenters. The molecule has 0 spiro atoms. The van der Waals surface area contributed by atoms with Crippen LogP contribution in [0.15, 0.2) is 46.6 Å². The molecule has 0 radical (unpaired) electrons. The summed E-state index contributed by atoms with van der Waals surface area (Å²) in [6, 6.07) is 0. The molecule has 124 valence electrons. The van der Waals surface area contributed by atoms with Crippen molar-refractivity contribution in [2.75, 3.05) is 0 Å². The summed E-state index contributed by atoms with van der Waals surface area (Å²) >= 11 is 0. The molecule has 0 amide bonds. The Kier molecular flexibility index (Phi) is 6.32. The van der Waals surface area contributed by atoms with Gasteiger partial charge in [-0.1, -0.05) is 34.9 Å². The number of hydrogen-bond acceptors (Lipinski definition) is 2. The van der Waals surface area contributed by atoms with E-state index in [1.165, 1.54) is 16.7 Å². The Morgan fingerprint density at radius 2 is 1.43 bits per heavy atom. The third-order valence-electron chi connectivity index (χ3n) is 4.81. The first-order valence-corrected chi connectivity index (χ1v) is 8.70. The topological polar surface area (TPSA) is 34.1 Å². The monoisotopic (exact) mass is 312 g/mol. The van der Waals surface area contributed by atoms with Crippen LogP contribution in [0.5, 0.6) is 0 Å². The zero-order valence-corrected chi connectivity index (χ0v) is 14.7. The van der Waals surface area contributed by atoms with Crippen LogP contribution in [-0.2, 0) is 9.59 Å². The second-order valence-corrected chi connectivity index (χ2v) is 7.03. The van der Waals surface area contributed by atoms with E-state index in [-0.39, 0.29) is 17.5 Å². The predicted octanol–water partition coefficient (Wildman–Crippen LogP) is 5.26. The number of rotatable bonds is 0. The number of carbonyl (C=O) groups is 2. The Morgan fingerprint density at radius 3 is 2.13 bits per heavy atom. The second kappa shape index (κ2) is 8.24. The summed E-state index contributed by atoms with van der Waals surface area (Å²) in [5.41, 5.74) is 4.64. The minimum Gasteiger partial charge on any atom is -0.295 e. The molecule has 0 aromatic rings. The minimum absolute atomic E-state index is 0.126. The summed E-state index contributed by atoms with van der Waals surface area (Å²) in [4.78, 5) is 24.6. The van der Waals surface area contributed by atoms with Gasteiger partial charge in [-0.25, -0.2) is 0 Å². The van der Waals surface area contributed by atoms with Crippen LogP contribution in [0, 0.1) is 5.92 Å². The molecule has 0 heterocycles. The molecule has 3 aliphatic carbocycles. The fourth-order valence-corrected chi connectivity index (χ4v) is 3.22. The van der Waals surface area contributed by atoms with Crippen LogP contribution in [0.25, 0.3) is 0 Å². The largest absolute Gasteiger partial charge is 0.295 e. The summed E-state index contributed by atoms with van der Waals surface area (Å²) in [6.45, 7) is 6.38. The lowest BCUT2D eigenvalue weighted by atomic mass is 9.82. The number of Topliss-reactive ketones (excluding diaryl/α,β-unsaturated/α-hetero) is 1. The second-order valence-electron chi connectivity index (χ2n) is 7.03. The SMILES string of the molecule is C/C1=C/CC2=CC(=O)[C@@H](CC2=O)C/C(C)=C\CC/C(C)=C/CC1. The zero-order chi connectivity index (χ0) is 16.8. The van der Waals surface area contributed by atoms with E-state index in [4.69, 9.17) is 0 Å². The maximum Gasteiger partial charge on any atom is 0.160 e. The summed E-state index contributed by atoms with van der Waals surface area (Å²) in [6.07, 6.45) is 14.1. The predicted molar refractivity (Wildman–Crippen MR) is 95.2 cm³/mol. The van der Waals surface area contributed by atoms with Gasteiger partial charge in [-0.15, -0.1) is 0 Å². The summed E-state index contributed by atoms with van der Waals surface area (Å²) in [7, 11) is 0. The van der Waals surface area contributed by atoms with E-state index in [0.717, 1.165) is 25.7 Å². The highest BCUT2D eigenvalue weighted by atomic mass is 16.1. The molecule has 0 N–H and O–H groups in total. The minimum atomic E-state index is -0.155. The molecule has 0 aliphatic heterocycles. The average molecular weight is 312 g/mol. The van der Waals surface area contributed by atoms with Crippen molar-refractivity contribution in [1.82, 2.24) is 0 Å². The Hall–Kier alpha value is -1.70. The van der Waals surface area contributed by atoms with Gasteiger partial charge in [-0.3, -0.25) is 9.59 Å². The van der Waals surface area contributed by atoms with Crippen molar-refractivity contribution in [3.63, 3.8) is 0 Å². The summed E-state index contributed by atoms with van der Waals surface area (Å²) in [5.74, 6) is 0.118. The maximum atomic E-state index is 12.3. The number of fused-ring (bicyclic) bond motifs is 10. The molecule has 0 aromatic carbocycles. The van der Waals surface area contributed by atoms with E-state index >= 15 is 0 Å². The summed E-state index contributed by atoms with van der Waals surface area (Å²) < 4.78 is 0. The zero-order valence-electron chi connectivity index (χ0n) is 14.7. The molecule has 0 unspecified atom stereocenters. The van der Waals surface area contributed by atoms with Crippen molar-refractivity contribution in [2.45, 2.75) is 65.7 Å². The van der Waals surface area contributed by atoms with Crippen LogP contribution in [0.3, 0.4) is 0 Å². The van der Waals surface area contributed by atoms with Gasteiger partial charge in [0.15, 0.2) is 11.6 Å². The normalized spacial score (nSPS) is 31.5. The Labute approximate surface area is 140 Å². The van der Waals surface area contributed by atoms with Crippen molar-refractivity contribution < 1.29 is 9.59 Å². The lowest BCUT2D eigenvalue weighted by molar-refractivity contribution is -0.125. The number of allylic oxidation sites excluding steroid dienone is 8. The highest BCUT2D eigenvalue weighted by Gasteiger charge is 2.27. The highest BCUT2D eigenvalue weighted by Crippen LogP contribution is 2.27. The Morgan fingerprint density at radius 1 is 0.826 bits per heavy atom. The molecule has 2 nitrogen and oxygen atoms in total. The Balaban J connectivity index is 2.22. The number of carbonyl (C=O) groups excluding carboxylic acids is 2. The molecule has 2 heteroatoms. The van der Waals surface area contributed by atoms with E-state index in [9.17, 15) is 9.59 Å². The van der Waals surface area contributed by atoms with E-state index < -0.39 is 0 Å². The first-order chi connectivity index (χ1) is 11.0. The van der Waals surface area contributed by atoms with Crippen molar-refractivity contribution in [3.8, 4) is 0 Å². The van der Waals surface area contributed by atoms with E-state index in [0.29, 0.717) is 24.8 Å². The molecule has 0 fully saturated rings. The van der Waals surface area contributed by atoms with Crippen LogP contribution in [0.2, 0.25) is 0 Å². The summed E-state index contributed by atoms with van der Waals surface area (Å²) in [5, 5.41) is 0. The van der Waals surface area contributed by atoms with Crippen molar-refractivity contribution >= 4 is 11.6 Å². The van der Waals surface area contributed by atoms with Gasteiger partial charge in [0.2, 0.25) is 0 Å². The average Bonchev–Trinajstić information content (AvgIpc) is 2.48. The van der Waals surface area contributed by atoms with Crippen molar-refractivity contribution in [1.29, 1.82) is 0 Å². The first kappa shape index (κ1) is 17.7. The molecular weight excluding hydrogens is 284 g/mol. The van der Waals surface area contributed by atoms with Crippen molar-refractivity contribution in [3.05, 3.63) is 46.6 Å². The molecule has 23 heavy (non-hydrogen) atoms. The van der Waals surface area contributed by atoms with Gasteiger partial charge >= 0.3 is 0 Å². The highest BCUT2D eigenvalue weighted by molar-refractivity contribution is 6.09. The molecule has 0 aromatic heterocycles. The van der Waals surface area contributed by atoms with Gasteiger partial charge in [-0.05, 0) is 65.4 Å². The van der Waals surface area contributed by atoms with Crippen LogP contribution in [0.4, 0.5) is 0 Å². The smallest absolute Gasteiger partial charge is 0.160 e. The van der Waals surface area contributed by atoms with E-state index in [1.807, 2.05) is 0 Å². The van der Waals surface area contributed by atoms with E-state index in [2.05, 4.69) is 39.0 Å². The fraction of sp³-hybridized carbons (Fsp3) is 0.524. The van der Waals surface area contributed by atoms with Gasteiger partial charge in [-0.2, -0.15) is 0 Å². The molecule has 2 bridgehead atoms. The molecule has 3 aliphatic rings. The third kappa shape index (κ3) is 5.46. The van der Waals surface area contributed by atoms with Crippen LogP contribution in [0.1, 0.15) is 65.7 Å². The van der Waals surface area contributed by atoms with Crippen LogP contribution < -0.4 is 0 Å². The number of hydrogen-bond donors (Lipinski definition) is 0. The Bertz CT molecular complexity index is 599. The van der Waals surface area contributed by atoms with Crippen LogP contribution >= 0.6 is 0 Å². The lowest BCUT2D eigenvalue weighted by Gasteiger charge is -2.20. The lowest BCUT2D eigenvalue weighted by Crippen LogP contribution is -2.24. The molecular formula is C21H28O2. The van der Waals surface area contributed by atoms with Gasteiger partial charge < -0.3 is 0 Å². The molecule has 0 saturated carbocycles. The first-order valence-electron chi connectivity index (χ1n) is 8.70. The van der Waals surface area contributed by atoms with Gasteiger partial charge in [0.1, 0.15) is 0 Å². The van der Waals surface area contributed by atoms with Gasteiger partial charge in [0.25, 0.3) is 0 Å². The standard InChI is InChI=1S/C21H28O2/c1-15-6-4-8-16(2)10-11-18-13-21(23)19(14-20(18)22)12-17(3)9-5-7-15/h6,9-10,13,19H,4-5,7-8,11-12,14H2,1-3H3/b15-6+,16-10-,17-9-/t19-/m1/s1. The quantitative estimate of drug-likeness (QED) is 0.571. The van der Waals surface area contributed by atoms with Crippen molar-refractivity contribution in [2.24, 2.45) is 5.92 Å².